The van der Waals surface area contributed by atoms with Gasteiger partial charge in [-0.15, -0.1) is 0 Å². The number of hydrazone groups is 1. The van der Waals surface area contributed by atoms with Gasteiger partial charge in [-0.2, -0.15) is 5.10 Å². The van der Waals surface area contributed by atoms with E-state index in [1.807, 2.05) is 31.2 Å². The van der Waals surface area contributed by atoms with Gasteiger partial charge in [-0.1, -0.05) is 12.1 Å². The number of carbonyl (C=O) groups excluding carboxylic acids is 1. The molecule has 0 fully saturated rings. The van der Waals surface area contributed by atoms with E-state index in [2.05, 4.69) is 15.8 Å². The van der Waals surface area contributed by atoms with Crippen molar-refractivity contribution in [2.24, 2.45) is 5.10 Å². The summed E-state index contributed by atoms with van der Waals surface area (Å²) in [5.41, 5.74) is 3.93. The lowest BCUT2D eigenvalue weighted by molar-refractivity contribution is -0.119. The number of amides is 1. The summed E-state index contributed by atoms with van der Waals surface area (Å²) < 4.78 is 5.35. The molecule has 0 saturated carbocycles. The van der Waals surface area contributed by atoms with Crippen LogP contribution in [0.1, 0.15) is 12.5 Å². The van der Waals surface area contributed by atoms with Crippen molar-refractivity contribution in [1.82, 2.24) is 5.43 Å². The zero-order chi connectivity index (χ0) is 16.5. The number of ether oxygens (including phenoxy) is 1. The van der Waals surface area contributed by atoms with E-state index in [-0.39, 0.29) is 18.2 Å². The number of hydrogen-bond donors (Lipinski definition) is 3. The molecule has 0 radical (unpaired) electrons. The highest BCUT2D eigenvalue weighted by atomic mass is 16.5. The van der Waals surface area contributed by atoms with Gasteiger partial charge < -0.3 is 15.2 Å². The third-order valence-corrected chi connectivity index (χ3v) is 2.89. The van der Waals surface area contributed by atoms with Crippen LogP contribution in [0.15, 0.2) is 53.6 Å². The second-order valence-corrected chi connectivity index (χ2v) is 4.70. The van der Waals surface area contributed by atoms with Crippen LogP contribution in [0.4, 0.5) is 5.69 Å². The zero-order valence-corrected chi connectivity index (χ0v) is 12.8. The maximum atomic E-state index is 11.7. The number of nitrogens with zero attached hydrogens (tertiary/aromatic N) is 1. The number of rotatable bonds is 7. The van der Waals surface area contributed by atoms with E-state index in [1.54, 1.807) is 24.3 Å². The molecule has 0 unspecified atom stereocenters. The normalized spacial score (nSPS) is 10.5. The van der Waals surface area contributed by atoms with Crippen molar-refractivity contribution in [3.63, 3.8) is 0 Å². The van der Waals surface area contributed by atoms with Gasteiger partial charge in [0.15, 0.2) is 0 Å². The Hall–Kier alpha value is -3.02. The Bertz CT molecular complexity index is 669. The largest absolute Gasteiger partial charge is 0.508 e. The molecule has 0 spiro atoms. The van der Waals surface area contributed by atoms with Crippen LogP contribution in [0.25, 0.3) is 0 Å². The highest BCUT2D eigenvalue weighted by Gasteiger charge is 2.00. The molecule has 0 heterocycles. The van der Waals surface area contributed by atoms with Crippen molar-refractivity contribution in [3.8, 4) is 11.5 Å². The van der Waals surface area contributed by atoms with Gasteiger partial charge in [0.25, 0.3) is 5.91 Å². The number of benzene rings is 2. The van der Waals surface area contributed by atoms with Gasteiger partial charge in [0.05, 0.1) is 19.4 Å². The Morgan fingerprint density at radius 1 is 1.26 bits per heavy atom. The standard InChI is InChI=1S/C17H19N3O3/c1-2-23-16-8-6-14(7-9-16)18-12-17(22)20-19-11-13-4-3-5-15(21)10-13/h3-11,18,21H,2,12H2,1H3,(H,20,22). The molecule has 3 N–H and O–H groups in total. The maximum Gasteiger partial charge on any atom is 0.259 e. The molecular formula is C17H19N3O3. The monoisotopic (exact) mass is 313 g/mol. The average Bonchev–Trinajstić information content (AvgIpc) is 2.55. The lowest BCUT2D eigenvalue weighted by atomic mass is 10.2. The van der Waals surface area contributed by atoms with Crippen LogP contribution in [-0.2, 0) is 4.79 Å². The predicted molar refractivity (Wildman–Crippen MR) is 89.9 cm³/mol. The molecular weight excluding hydrogens is 294 g/mol. The van der Waals surface area contributed by atoms with Crippen LogP contribution in [0.5, 0.6) is 11.5 Å². The summed E-state index contributed by atoms with van der Waals surface area (Å²) >= 11 is 0. The topological polar surface area (TPSA) is 83.0 Å². The van der Waals surface area contributed by atoms with Gasteiger partial charge in [0, 0.05) is 5.69 Å². The van der Waals surface area contributed by atoms with Crippen LogP contribution in [-0.4, -0.2) is 30.4 Å². The molecule has 23 heavy (non-hydrogen) atoms. The summed E-state index contributed by atoms with van der Waals surface area (Å²) in [6.07, 6.45) is 1.47. The van der Waals surface area contributed by atoms with Crippen LogP contribution in [0.2, 0.25) is 0 Å². The minimum Gasteiger partial charge on any atom is -0.508 e. The van der Waals surface area contributed by atoms with Crippen molar-refractivity contribution < 1.29 is 14.6 Å². The minimum atomic E-state index is -0.268. The minimum absolute atomic E-state index is 0.103. The number of hydrogen-bond acceptors (Lipinski definition) is 5. The Kier molecular flexibility index (Phi) is 5.99. The summed E-state index contributed by atoms with van der Waals surface area (Å²) in [5.74, 6) is 0.672. The summed E-state index contributed by atoms with van der Waals surface area (Å²) in [5, 5.41) is 16.1. The molecule has 0 aliphatic carbocycles. The number of phenolic OH excluding ortho intramolecular Hbond substituents is 1. The molecule has 0 bridgehead atoms. The quantitative estimate of drug-likeness (QED) is 0.541. The number of aromatic hydroxyl groups is 1. The molecule has 120 valence electrons. The first kappa shape index (κ1) is 16.4. The predicted octanol–water partition coefficient (Wildman–Crippen LogP) is 2.35. The third kappa shape index (κ3) is 5.70. The Balaban J connectivity index is 1.76. The van der Waals surface area contributed by atoms with E-state index in [1.165, 1.54) is 6.21 Å². The van der Waals surface area contributed by atoms with Crippen molar-refractivity contribution >= 4 is 17.8 Å². The molecule has 6 nitrogen and oxygen atoms in total. The molecule has 0 saturated heterocycles. The molecule has 2 rings (SSSR count). The van der Waals surface area contributed by atoms with Gasteiger partial charge in [0.2, 0.25) is 0 Å². The Labute approximate surface area is 134 Å². The second kappa shape index (κ2) is 8.43. The first-order chi connectivity index (χ1) is 11.2. The lowest BCUT2D eigenvalue weighted by Crippen LogP contribution is -2.25. The fourth-order valence-corrected chi connectivity index (χ4v) is 1.84. The van der Waals surface area contributed by atoms with Crippen molar-refractivity contribution in [2.45, 2.75) is 6.92 Å². The highest BCUT2D eigenvalue weighted by molar-refractivity contribution is 5.84. The van der Waals surface area contributed by atoms with Crippen LogP contribution < -0.4 is 15.5 Å². The van der Waals surface area contributed by atoms with Crippen LogP contribution in [0, 0.1) is 0 Å². The molecule has 0 atom stereocenters. The van der Waals surface area contributed by atoms with Gasteiger partial charge in [-0.3, -0.25) is 4.79 Å². The van der Waals surface area contributed by atoms with E-state index in [0.717, 1.165) is 11.4 Å². The highest BCUT2D eigenvalue weighted by Crippen LogP contribution is 2.15. The molecule has 0 aromatic heterocycles. The lowest BCUT2D eigenvalue weighted by Gasteiger charge is -2.07. The molecule has 0 aliphatic rings. The van der Waals surface area contributed by atoms with Gasteiger partial charge >= 0.3 is 0 Å². The first-order valence-electron chi connectivity index (χ1n) is 7.25. The number of phenols is 1. The Morgan fingerprint density at radius 2 is 2.04 bits per heavy atom. The fourth-order valence-electron chi connectivity index (χ4n) is 1.84. The fraction of sp³-hybridized carbons (Fsp3) is 0.176. The summed E-state index contributed by atoms with van der Waals surface area (Å²) in [4.78, 5) is 11.7. The number of nitrogens with one attached hydrogen (secondary N) is 2. The van der Waals surface area contributed by atoms with Crippen molar-refractivity contribution in [2.75, 3.05) is 18.5 Å². The molecule has 0 aliphatic heterocycles. The molecule has 6 heteroatoms. The number of carbonyl (C=O) groups is 1. The average molecular weight is 313 g/mol. The van der Waals surface area contributed by atoms with Crippen molar-refractivity contribution in [1.29, 1.82) is 0 Å². The number of anilines is 1. The van der Waals surface area contributed by atoms with E-state index < -0.39 is 0 Å². The van der Waals surface area contributed by atoms with Crippen molar-refractivity contribution in [3.05, 3.63) is 54.1 Å². The summed E-state index contributed by atoms with van der Waals surface area (Å²) in [7, 11) is 0. The zero-order valence-electron chi connectivity index (χ0n) is 12.8. The molecule has 2 aromatic rings. The van der Waals surface area contributed by atoms with E-state index in [9.17, 15) is 9.90 Å². The second-order valence-electron chi connectivity index (χ2n) is 4.70. The van der Waals surface area contributed by atoms with E-state index in [0.29, 0.717) is 12.2 Å². The summed E-state index contributed by atoms with van der Waals surface area (Å²) in [6.45, 7) is 2.64. The van der Waals surface area contributed by atoms with Crippen LogP contribution >= 0.6 is 0 Å². The Morgan fingerprint density at radius 3 is 2.74 bits per heavy atom. The third-order valence-electron chi connectivity index (χ3n) is 2.89. The first-order valence-corrected chi connectivity index (χ1v) is 7.25. The molecule has 1 amide bonds. The van der Waals surface area contributed by atoms with E-state index in [4.69, 9.17) is 4.74 Å². The van der Waals surface area contributed by atoms with E-state index >= 15 is 0 Å². The van der Waals surface area contributed by atoms with Gasteiger partial charge in [0.1, 0.15) is 11.5 Å². The van der Waals surface area contributed by atoms with Gasteiger partial charge in [-0.25, -0.2) is 5.43 Å². The molecule has 2 aromatic carbocycles. The van der Waals surface area contributed by atoms with Gasteiger partial charge in [-0.05, 0) is 48.9 Å². The smallest absolute Gasteiger partial charge is 0.259 e. The van der Waals surface area contributed by atoms with Crippen LogP contribution in [0.3, 0.4) is 0 Å². The SMILES string of the molecule is CCOc1ccc(NCC(=O)NN=Cc2cccc(O)c2)cc1. The maximum absolute atomic E-state index is 11.7. The summed E-state index contributed by atoms with van der Waals surface area (Å²) in [6, 6.07) is 13.9.